The third-order valence-corrected chi connectivity index (χ3v) is 6.92. The molecule has 0 aliphatic heterocycles. The number of furan rings is 1. The molecule has 3 aromatic heterocycles. The molecule has 39 heavy (non-hydrogen) atoms. The van der Waals surface area contributed by atoms with E-state index in [4.69, 9.17) is 9.15 Å². The molecule has 0 amide bonds. The summed E-state index contributed by atoms with van der Waals surface area (Å²) in [6, 6.07) is 19.9. The average Bonchev–Trinajstić information content (AvgIpc) is 3.61. The van der Waals surface area contributed by atoms with Crippen LogP contribution in [0.4, 0.5) is 0 Å². The van der Waals surface area contributed by atoms with Crippen LogP contribution in [0, 0.1) is 6.92 Å². The molecule has 0 aliphatic rings. The molecule has 0 radical (unpaired) electrons. The molecule has 0 spiro atoms. The highest BCUT2D eigenvalue weighted by atomic mass is 16.5. The maximum absolute atomic E-state index is 13.2. The van der Waals surface area contributed by atoms with E-state index < -0.39 is 0 Å². The van der Waals surface area contributed by atoms with Crippen LogP contribution in [0.15, 0.2) is 76.1 Å². The maximum Gasteiger partial charge on any atom is 0.252 e. The van der Waals surface area contributed by atoms with Gasteiger partial charge in [0.15, 0.2) is 5.82 Å². The van der Waals surface area contributed by atoms with E-state index in [1.807, 2.05) is 43.3 Å². The first kappa shape index (κ1) is 26.4. The number of aryl methyl sites for hydroxylation is 1. The molecule has 1 N–H and O–H groups in total. The number of hydrogen-bond donors (Lipinski definition) is 1. The van der Waals surface area contributed by atoms with E-state index in [0.717, 1.165) is 47.6 Å². The molecule has 0 aliphatic carbocycles. The summed E-state index contributed by atoms with van der Waals surface area (Å²) in [5.41, 5.74) is 3.84. The Labute approximate surface area is 227 Å². The van der Waals surface area contributed by atoms with Gasteiger partial charge in [-0.05, 0) is 79.1 Å². The van der Waals surface area contributed by atoms with Gasteiger partial charge in [-0.15, -0.1) is 5.10 Å². The molecule has 0 bridgehead atoms. The van der Waals surface area contributed by atoms with Gasteiger partial charge in [0.05, 0.1) is 18.9 Å². The smallest absolute Gasteiger partial charge is 0.252 e. The molecule has 5 rings (SSSR count). The summed E-state index contributed by atoms with van der Waals surface area (Å²) in [6.07, 6.45) is 3.25. The summed E-state index contributed by atoms with van der Waals surface area (Å²) in [5.74, 6) is 2.30. The second-order valence-corrected chi connectivity index (χ2v) is 9.71. The Balaban J connectivity index is 1.48. The molecule has 0 unspecified atom stereocenters. The van der Waals surface area contributed by atoms with Crippen molar-refractivity contribution in [2.45, 2.75) is 52.7 Å². The maximum atomic E-state index is 13.2. The van der Waals surface area contributed by atoms with Gasteiger partial charge in [-0.2, -0.15) is 0 Å². The lowest BCUT2D eigenvalue weighted by molar-refractivity contribution is 0.172. The van der Waals surface area contributed by atoms with Crippen molar-refractivity contribution in [2.75, 3.05) is 13.2 Å². The molecule has 2 aromatic carbocycles. The third kappa shape index (κ3) is 6.26. The average molecular weight is 527 g/mol. The normalized spacial score (nSPS) is 12.3. The molecule has 1 atom stereocenters. The van der Waals surface area contributed by atoms with Crippen molar-refractivity contribution in [1.82, 2.24) is 30.1 Å². The number of rotatable bonds is 12. The van der Waals surface area contributed by atoms with Gasteiger partial charge in [-0.1, -0.05) is 36.8 Å². The number of tetrazole rings is 1. The quantitative estimate of drug-likeness (QED) is 0.242. The van der Waals surface area contributed by atoms with E-state index in [1.165, 1.54) is 11.1 Å². The van der Waals surface area contributed by atoms with Crippen LogP contribution in [0.3, 0.4) is 0 Å². The molecule has 0 saturated heterocycles. The number of hydrogen-bond acceptors (Lipinski definition) is 7. The molecule has 0 saturated carbocycles. The van der Waals surface area contributed by atoms with Gasteiger partial charge in [0.1, 0.15) is 18.1 Å². The standard InChI is InChI=1S/C30H34N6O3/c1-4-28(29-32-33-34-36(29)20-26-10-7-15-39-26)35(14-13-22-9-6-8-21(3)16-22)19-24-17-23-18-25(38-5-2)11-12-27(23)31-30(24)37/h6-12,15-18,28H,4-5,13-14,19-20H2,1-3H3,(H,31,37)/t28-/m1/s1. The minimum atomic E-state index is -0.107. The fourth-order valence-electron chi connectivity index (χ4n) is 5.03. The molecule has 0 fully saturated rings. The van der Waals surface area contributed by atoms with Gasteiger partial charge in [-0.25, -0.2) is 4.68 Å². The van der Waals surface area contributed by atoms with Crippen LogP contribution in [0.1, 0.15) is 54.6 Å². The largest absolute Gasteiger partial charge is 0.494 e. The fraction of sp³-hybridized carbons (Fsp3) is 0.333. The van der Waals surface area contributed by atoms with E-state index in [1.54, 1.807) is 10.9 Å². The van der Waals surface area contributed by atoms with E-state index in [0.29, 0.717) is 25.3 Å². The molecule has 3 heterocycles. The highest BCUT2D eigenvalue weighted by molar-refractivity contribution is 5.80. The molecule has 9 nitrogen and oxygen atoms in total. The molecule has 9 heteroatoms. The van der Waals surface area contributed by atoms with Crippen molar-refractivity contribution >= 4 is 10.9 Å². The number of nitrogens with zero attached hydrogens (tertiary/aromatic N) is 5. The van der Waals surface area contributed by atoms with Crippen molar-refractivity contribution in [3.05, 3.63) is 106 Å². The number of nitrogens with one attached hydrogen (secondary N) is 1. The second kappa shape index (κ2) is 12.1. The van der Waals surface area contributed by atoms with Gasteiger partial charge in [0, 0.05) is 29.6 Å². The Morgan fingerprint density at radius 1 is 1.10 bits per heavy atom. The molecular formula is C30H34N6O3. The van der Waals surface area contributed by atoms with Crippen LogP contribution < -0.4 is 10.3 Å². The van der Waals surface area contributed by atoms with Gasteiger partial charge < -0.3 is 14.1 Å². The number of benzene rings is 2. The lowest BCUT2D eigenvalue weighted by Gasteiger charge is -2.30. The Morgan fingerprint density at radius 2 is 2.00 bits per heavy atom. The summed E-state index contributed by atoms with van der Waals surface area (Å²) in [6.45, 7) is 8.38. The van der Waals surface area contributed by atoms with Crippen LogP contribution in [0.25, 0.3) is 10.9 Å². The first-order valence-electron chi connectivity index (χ1n) is 13.4. The SMILES string of the molecule is CCOc1ccc2[nH]c(=O)c(CN(CCc3cccc(C)c3)[C@H](CC)c3nnnn3Cc3ccco3)cc2c1. The molecule has 5 aromatic rings. The first-order chi connectivity index (χ1) is 19.0. The van der Waals surface area contributed by atoms with E-state index >= 15 is 0 Å². The predicted molar refractivity (Wildman–Crippen MR) is 150 cm³/mol. The monoisotopic (exact) mass is 526 g/mol. The number of fused-ring (bicyclic) bond motifs is 1. The number of aromatic nitrogens is 5. The second-order valence-electron chi connectivity index (χ2n) is 9.71. The lowest BCUT2D eigenvalue weighted by Crippen LogP contribution is -2.34. The Hall–Kier alpha value is -4.24. The Morgan fingerprint density at radius 3 is 2.77 bits per heavy atom. The number of pyridine rings is 1. The van der Waals surface area contributed by atoms with Gasteiger partial charge in [-0.3, -0.25) is 9.69 Å². The summed E-state index contributed by atoms with van der Waals surface area (Å²) in [4.78, 5) is 18.6. The van der Waals surface area contributed by atoms with Crippen molar-refractivity contribution in [3.63, 3.8) is 0 Å². The van der Waals surface area contributed by atoms with Crippen molar-refractivity contribution in [3.8, 4) is 5.75 Å². The van der Waals surface area contributed by atoms with Gasteiger partial charge in [0.25, 0.3) is 5.56 Å². The fourth-order valence-corrected chi connectivity index (χ4v) is 5.03. The third-order valence-electron chi connectivity index (χ3n) is 6.92. The topological polar surface area (TPSA) is 102 Å². The number of aromatic amines is 1. The van der Waals surface area contributed by atoms with E-state index in [-0.39, 0.29) is 11.6 Å². The van der Waals surface area contributed by atoms with Crippen molar-refractivity contribution in [1.29, 1.82) is 0 Å². The zero-order chi connectivity index (χ0) is 27.2. The summed E-state index contributed by atoms with van der Waals surface area (Å²) in [7, 11) is 0. The summed E-state index contributed by atoms with van der Waals surface area (Å²) in [5, 5.41) is 13.6. The zero-order valence-corrected chi connectivity index (χ0v) is 22.6. The van der Waals surface area contributed by atoms with E-state index in [9.17, 15) is 4.79 Å². The molecular weight excluding hydrogens is 492 g/mol. The number of ether oxygens (including phenoxy) is 1. The van der Waals surface area contributed by atoms with Crippen LogP contribution >= 0.6 is 0 Å². The Kier molecular flexibility index (Phi) is 8.17. The summed E-state index contributed by atoms with van der Waals surface area (Å²) < 4.78 is 13.0. The zero-order valence-electron chi connectivity index (χ0n) is 22.6. The minimum Gasteiger partial charge on any atom is -0.494 e. The van der Waals surface area contributed by atoms with Crippen LogP contribution in [-0.2, 0) is 19.5 Å². The van der Waals surface area contributed by atoms with Crippen molar-refractivity contribution < 1.29 is 9.15 Å². The minimum absolute atomic E-state index is 0.0998. The highest BCUT2D eigenvalue weighted by Gasteiger charge is 2.26. The Bertz CT molecular complexity index is 1570. The molecule has 202 valence electrons. The van der Waals surface area contributed by atoms with Crippen LogP contribution in [0.5, 0.6) is 5.75 Å². The van der Waals surface area contributed by atoms with Crippen LogP contribution in [-0.4, -0.2) is 43.2 Å². The lowest BCUT2D eigenvalue weighted by atomic mass is 10.1. The van der Waals surface area contributed by atoms with Gasteiger partial charge >= 0.3 is 0 Å². The van der Waals surface area contributed by atoms with E-state index in [2.05, 4.69) is 63.5 Å². The highest BCUT2D eigenvalue weighted by Crippen LogP contribution is 2.26. The van der Waals surface area contributed by atoms with Crippen LogP contribution in [0.2, 0.25) is 0 Å². The van der Waals surface area contributed by atoms with Crippen molar-refractivity contribution in [2.24, 2.45) is 0 Å². The predicted octanol–water partition coefficient (Wildman–Crippen LogP) is 5.06. The first-order valence-corrected chi connectivity index (χ1v) is 13.4. The number of H-pyrrole nitrogens is 1. The summed E-state index contributed by atoms with van der Waals surface area (Å²) >= 11 is 0. The van der Waals surface area contributed by atoms with Gasteiger partial charge in [0.2, 0.25) is 0 Å².